The molecule has 8 nitrogen and oxygen atoms in total. The summed E-state index contributed by atoms with van der Waals surface area (Å²) in [5.74, 6) is 4.86. The highest BCUT2D eigenvalue weighted by molar-refractivity contribution is 6.32. The van der Waals surface area contributed by atoms with Crippen LogP contribution in [-0.2, 0) is 20.9 Å². The highest BCUT2D eigenvalue weighted by atomic mass is 35.5. The molecule has 0 spiro atoms. The van der Waals surface area contributed by atoms with E-state index in [0.717, 1.165) is 0 Å². The molecule has 164 valence electrons. The summed E-state index contributed by atoms with van der Waals surface area (Å²) in [6.45, 7) is 5.84. The second kappa shape index (κ2) is 8.98. The van der Waals surface area contributed by atoms with E-state index in [0.29, 0.717) is 34.7 Å². The van der Waals surface area contributed by atoms with Crippen molar-refractivity contribution >= 4 is 35.4 Å². The maximum Gasteiger partial charge on any atom is 0.407 e. The van der Waals surface area contributed by atoms with E-state index < -0.39 is 23.6 Å². The molecule has 2 N–H and O–H groups in total. The Morgan fingerprint density at radius 3 is 2.74 bits per heavy atom. The van der Waals surface area contributed by atoms with E-state index in [-0.39, 0.29) is 31.2 Å². The molecule has 1 aromatic rings. The molecule has 1 aromatic carbocycles. The van der Waals surface area contributed by atoms with Gasteiger partial charge in [-0.05, 0) is 39.3 Å². The van der Waals surface area contributed by atoms with Crippen LogP contribution in [0.2, 0.25) is 5.02 Å². The van der Waals surface area contributed by atoms with Crippen LogP contribution in [0.4, 0.5) is 4.79 Å². The van der Waals surface area contributed by atoms with Crippen LogP contribution in [-0.4, -0.2) is 46.9 Å². The van der Waals surface area contributed by atoms with Crippen LogP contribution in [0.1, 0.15) is 61.5 Å². The number of ether oxygens (including phenoxy) is 1. The fourth-order valence-electron chi connectivity index (χ4n) is 3.44. The van der Waals surface area contributed by atoms with Crippen molar-refractivity contribution < 1.29 is 23.9 Å². The van der Waals surface area contributed by atoms with E-state index >= 15 is 0 Å². The van der Waals surface area contributed by atoms with Crippen LogP contribution in [0.3, 0.4) is 0 Å². The number of halogens is 1. The Labute approximate surface area is 185 Å². The summed E-state index contributed by atoms with van der Waals surface area (Å²) < 4.78 is 5.16. The van der Waals surface area contributed by atoms with Crippen molar-refractivity contribution in [1.29, 1.82) is 0 Å². The number of hydrogen-bond acceptors (Lipinski definition) is 5. The molecular weight excluding hydrogens is 422 g/mol. The molecule has 4 amide bonds. The second-order valence-corrected chi connectivity index (χ2v) is 8.74. The van der Waals surface area contributed by atoms with Crippen molar-refractivity contribution in [2.45, 2.75) is 58.2 Å². The predicted octanol–water partition coefficient (Wildman–Crippen LogP) is 2.37. The van der Waals surface area contributed by atoms with Crippen molar-refractivity contribution in [1.82, 2.24) is 15.5 Å². The number of carbonyl (C=O) groups is 4. The van der Waals surface area contributed by atoms with Crippen molar-refractivity contribution in [3.63, 3.8) is 0 Å². The molecule has 1 atom stereocenters. The molecule has 0 bridgehead atoms. The first-order chi connectivity index (χ1) is 14.6. The monoisotopic (exact) mass is 445 g/mol. The number of alkyl carbamates (subject to hydrolysis) is 1. The fraction of sp³-hybridized carbons (Fsp3) is 0.455. The molecule has 2 heterocycles. The number of benzene rings is 1. The van der Waals surface area contributed by atoms with Gasteiger partial charge in [-0.25, -0.2) is 4.79 Å². The zero-order chi connectivity index (χ0) is 22.8. The van der Waals surface area contributed by atoms with Gasteiger partial charge in [-0.3, -0.25) is 19.7 Å². The molecule has 9 heteroatoms. The third kappa shape index (κ3) is 5.36. The average Bonchev–Trinajstić information content (AvgIpc) is 2.98. The van der Waals surface area contributed by atoms with E-state index in [1.54, 1.807) is 32.9 Å². The molecule has 1 saturated heterocycles. The van der Waals surface area contributed by atoms with Crippen LogP contribution in [0.15, 0.2) is 12.1 Å². The fourth-order valence-corrected chi connectivity index (χ4v) is 3.66. The Bertz CT molecular complexity index is 1000. The molecule has 3 rings (SSSR count). The van der Waals surface area contributed by atoms with Gasteiger partial charge in [-0.15, -0.1) is 0 Å². The first-order valence-electron chi connectivity index (χ1n) is 9.98. The number of piperidine rings is 1. The van der Waals surface area contributed by atoms with Crippen LogP contribution in [0.25, 0.3) is 0 Å². The Morgan fingerprint density at radius 1 is 1.32 bits per heavy atom. The van der Waals surface area contributed by atoms with Gasteiger partial charge in [0.1, 0.15) is 11.6 Å². The van der Waals surface area contributed by atoms with Crippen molar-refractivity contribution in [2.75, 3.05) is 6.54 Å². The van der Waals surface area contributed by atoms with Crippen LogP contribution < -0.4 is 10.6 Å². The van der Waals surface area contributed by atoms with E-state index in [1.807, 2.05) is 0 Å². The largest absolute Gasteiger partial charge is 0.444 e. The number of hydrogen-bond donors (Lipinski definition) is 2. The van der Waals surface area contributed by atoms with Crippen molar-refractivity contribution in [3.8, 4) is 11.8 Å². The van der Waals surface area contributed by atoms with Gasteiger partial charge in [-0.2, -0.15) is 0 Å². The summed E-state index contributed by atoms with van der Waals surface area (Å²) >= 11 is 6.33. The lowest BCUT2D eigenvalue weighted by atomic mass is 10.0. The summed E-state index contributed by atoms with van der Waals surface area (Å²) in [6.07, 6.45) is 0.326. The lowest BCUT2D eigenvalue weighted by Gasteiger charge is -2.29. The van der Waals surface area contributed by atoms with E-state index in [9.17, 15) is 19.2 Å². The van der Waals surface area contributed by atoms with E-state index in [1.165, 1.54) is 4.90 Å². The number of nitrogens with zero attached hydrogens (tertiary/aromatic N) is 1. The van der Waals surface area contributed by atoms with Gasteiger partial charge in [0.15, 0.2) is 0 Å². The minimum absolute atomic E-state index is 0.189. The van der Waals surface area contributed by atoms with Gasteiger partial charge < -0.3 is 15.0 Å². The molecular formula is C22H24ClN3O5. The zero-order valence-electron chi connectivity index (χ0n) is 17.6. The molecule has 2 aliphatic heterocycles. The van der Waals surface area contributed by atoms with Crippen LogP contribution >= 0.6 is 11.6 Å². The van der Waals surface area contributed by atoms with Gasteiger partial charge in [-0.1, -0.05) is 23.4 Å². The number of carbonyl (C=O) groups excluding carboxylic acids is 4. The van der Waals surface area contributed by atoms with Crippen LogP contribution in [0, 0.1) is 11.8 Å². The smallest absolute Gasteiger partial charge is 0.407 e. The summed E-state index contributed by atoms with van der Waals surface area (Å²) in [6, 6.07) is 2.53. The van der Waals surface area contributed by atoms with E-state index in [2.05, 4.69) is 22.5 Å². The Morgan fingerprint density at radius 2 is 2.06 bits per heavy atom. The number of rotatable bonds is 3. The number of amides is 4. The van der Waals surface area contributed by atoms with Gasteiger partial charge in [0.25, 0.3) is 5.91 Å². The minimum Gasteiger partial charge on any atom is -0.444 e. The molecule has 0 aliphatic carbocycles. The summed E-state index contributed by atoms with van der Waals surface area (Å²) in [7, 11) is 0. The summed E-state index contributed by atoms with van der Waals surface area (Å²) in [5, 5.41) is 5.31. The lowest BCUT2D eigenvalue weighted by Crippen LogP contribution is -2.52. The maximum absolute atomic E-state index is 12.9. The van der Waals surface area contributed by atoms with Crippen LogP contribution in [0.5, 0.6) is 0 Å². The topological polar surface area (TPSA) is 105 Å². The molecule has 1 fully saturated rings. The second-order valence-electron chi connectivity index (χ2n) is 8.33. The third-order valence-electron chi connectivity index (χ3n) is 4.80. The molecule has 31 heavy (non-hydrogen) atoms. The molecule has 1 unspecified atom stereocenters. The zero-order valence-corrected chi connectivity index (χ0v) is 18.4. The maximum atomic E-state index is 12.9. The quantitative estimate of drug-likeness (QED) is 0.422. The number of nitrogens with one attached hydrogen (secondary N) is 2. The van der Waals surface area contributed by atoms with Crippen molar-refractivity contribution in [3.05, 3.63) is 33.8 Å². The predicted molar refractivity (Wildman–Crippen MR) is 113 cm³/mol. The van der Waals surface area contributed by atoms with E-state index in [4.69, 9.17) is 16.3 Å². The third-order valence-corrected chi connectivity index (χ3v) is 5.11. The highest BCUT2D eigenvalue weighted by Gasteiger charge is 2.40. The average molecular weight is 446 g/mol. The molecule has 0 radical (unpaired) electrons. The molecule has 0 aromatic heterocycles. The van der Waals surface area contributed by atoms with Gasteiger partial charge in [0, 0.05) is 42.6 Å². The molecule has 0 saturated carbocycles. The normalized spacial score (nSPS) is 18.1. The minimum atomic E-state index is -0.699. The highest BCUT2D eigenvalue weighted by Crippen LogP contribution is 2.32. The summed E-state index contributed by atoms with van der Waals surface area (Å²) in [5.41, 5.74) is 1.06. The SMILES string of the molecule is CC(C)(C)OC(=O)NCCC#Cc1c(Cl)ccc2c1CN(C1CCC(=O)NC1=O)C2=O. The summed E-state index contributed by atoms with van der Waals surface area (Å²) in [4.78, 5) is 49.6. The molecule has 2 aliphatic rings. The van der Waals surface area contributed by atoms with Gasteiger partial charge in [0.2, 0.25) is 11.8 Å². The Kier molecular flexibility index (Phi) is 6.56. The standard InChI is InChI=1S/C22H24ClN3O5/c1-22(2,3)31-21(30)24-11-5-4-6-13-15-12-26(17-9-10-18(27)25-19(17)28)20(29)14(15)7-8-16(13)23/h7-8,17H,5,9-12H2,1-3H3,(H,24,30)(H,25,27,28). The van der Waals surface area contributed by atoms with Crippen molar-refractivity contribution in [2.24, 2.45) is 0 Å². The number of imide groups is 1. The first kappa shape index (κ1) is 22.6. The van der Waals surface area contributed by atoms with Gasteiger partial charge >= 0.3 is 6.09 Å². The van der Waals surface area contributed by atoms with Gasteiger partial charge in [0.05, 0.1) is 5.02 Å². The Hall–Kier alpha value is -3.05. The number of fused-ring (bicyclic) bond motifs is 1. The Balaban J connectivity index is 1.69. The first-order valence-corrected chi connectivity index (χ1v) is 10.4. The lowest BCUT2D eigenvalue weighted by molar-refractivity contribution is -0.136.